The van der Waals surface area contributed by atoms with Crippen molar-refractivity contribution in [1.29, 1.82) is 0 Å². The number of nitrogens with two attached hydrogens (primary N) is 1. The van der Waals surface area contributed by atoms with E-state index in [1.807, 2.05) is 36.4 Å². The van der Waals surface area contributed by atoms with Crippen LogP contribution < -0.4 is 10.5 Å². The van der Waals surface area contributed by atoms with Gasteiger partial charge in [0.2, 0.25) is 0 Å². The first-order chi connectivity index (χ1) is 8.66. The second-order valence-electron chi connectivity index (χ2n) is 3.91. The summed E-state index contributed by atoms with van der Waals surface area (Å²) >= 11 is 3.35. The van der Waals surface area contributed by atoms with Crippen LogP contribution in [0.1, 0.15) is 11.7 Å². The second kappa shape index (κ2) is 5.89. The number of ether oxygens (including phenoxy) is 1. The number of para-hydroxylation sites is 1. The Hall–Kier alpha value is -1.52. The average Bonchev–Trinajstić information content (AvgIpc) is 2.38. The van der Waals surface area contributed by atoms with Crippen LogP contribution in [0, 0.1) is 0 Å². The lowest BCUT2D eigenvalue weighted by Crippen LogP contribution is -2.11. The monoisotopic (exact) mass is 307 g/mol. The highest BCUT2D eigenvalue weighted by atomic mass is 79.9. The summed E-state index contributed by atoms with van der Waals surface area (Å²) in [6, 6.07) is 14.7. The van der Waals surface area contributed by atoms with Crippen LogP contribution in [0.2, 0.25) is 0 Å². The van der Waals surface area contributed by atoms with Gasteiger partial charge in [0.05, 0.1) is 0 Å². The summed E-state index contributed by atoms with van der Waals surface area (Å²) in [7, 11) is 0. The van der Waals surface area contributed by atoms with Crippen molar-refractivity contribution in [3.63, 3.8) is 0 Å². The van der Waals surface area contributed by atoms with Crippen molar-refractivity contribution in [3.8, 4) is 5.75 Å². The zero-order chi connectivity index (χ0) is 13.0. The molecule has 3 N–H and O–H groups in total. The topological polar surface area (TPSA) is 55.5 Å². The number of anilines is 1. The summed E-state index contributed by atoms with van der Waals surface area (Å²) in [6.45, 7) is 0.176. The van der Waals surface area contributed by atoms with E-state index in [0.717, 1.165) is 4.47 Å². The highest BCUT2D eigenvalue weighted by Crippen LogP contribution is 2.22. The maximum absolute atomic E-state index is 10.0. The molecule has 0 bridgehead atoms. The van der Waals surface area contributed by atoms with Crippen molar-refractivity contribution >= 4 is 21.6 Å². The fraction of sp³-hybridized carbons (Fsp3) is 0.143. The highest BCUT2D eigenvalue weighted by Gasteiger charge is 2.11. The predicted molar refractivity (Wildman–Crippen MR) is 75.5 cm³/mol. The van der Waals surface area contributed by atoms with Gasteiger partial charge in [-0.3, -0.25) is 0 Å². The Bertz CT molecular complexity index is 513. The van der Waals surface area contributed by atoms with E-state index in [1.165, 1.54) is 0 Å². The average molecular weight is 308 g/mol. The normalized spacial score (nSPS) is 12.1. The first kappa shape index (κ1) is 12.9. The van der Waals surface area contributed by atoms with Crippen molar-refractivity contribution in [3.05, 3.63) is 58.6 Å². The Kier molecular flexibility index (Phi) is 4.23. The van der Waals surface area contributed by atoms with Crippen LogP contribution in [0.3, 0.4) is 0 Å². The molecule has 2 aromatic rings. The largest absolute Gasteiger partial charge is 0.491 e. The van der Waals surface area contributed by atoms with Crippen molar-refractivity contribution in [2.24, 2.45) is 0 Å². The lowest BCUT2D eigenvalue weighted by molar-refractivity contribution is 0.109. The molecule has 2 rings (SSSR count). The molecular formula is C14H14BrNO2. The van der Waals surface area contributed by atoms with Crippen molar-refractivity contribution in [2.45, 2.75) is 6.10 Å². The lowest BCUT2D eigenvalue weighted by atomic mass is 10.1. The number of benzene rings is 2. The molecule has 0 aliphatic heterocycles. The number of rotatable bonds is 4. The molecule has 0 aromatic heterocycles. The first-order valence-electron chi connectivity index (χ1n) is 5.57. The maximum Gasteiger partial charge on any atom is 0.119 e. The smallest absolute Gasteiger partial charge is 0.119 e. The molecule has 1 unspecified atom stereocenters. The third-order valence-corrected chi connectivity index (χ3v) is 3.11. The van der Waals surface area contributed by atoms with E-state index >= 15 is 0 Å². The minimum atomic E-state index is -0.727. The molecule has 0 radical (unpaired) electrons. The quantitative estimate of drug-likeness (QED) is 0.853. The number of hydrogen-bond acceptors (Lipinski definition) is 3. The first-order valence-corrected chi connectivity index (χ1v) is 6.37. The van der Waals surface area contributed by atoms with Gasteiger partial charge >= 0.3 is 0 Å². The van der Waals surface area contributed by atoms with Crippen LogP contribution in [-0.2, 0) is 0 Å². The number of aliphatic hydroxyl groups excluding tert-OH is 1. The maximum atomic E-state index is 10.0. The van der Waals surface area contributed by atoms with Crippen LogP contribution in [0.4, 0.5) is 5.69 Å². The van der Waals surface area contributed by atoms with E-state index < -0.39 is 6.10 Å². The van der Waals surface area contributed by atoms with Gasteiger partial charge in [-0.05, 0) is 30.3 Å². The molecule has 2 aromatic carbocycles. The van der Waals surface area contributed by atoms with E-state index in [0.29, 0.717) is 17.0 Å². The molecule has 0 saturated carbocycles. The molecule has 94 valence electrons. The van der Waals surface area contributed by atoms with Crippen LogP contribution in [0.15, 0.2) is 53.0 Å². The Morgan fingerprint density at radius 3 is 2.44 bits per heavy atom. The molecule has 0 aliphatic rings. The van der Waals surface area contributed by atoms with E-state index in [9.17, 15) is 5.11 Å². The predicted octanol–water partition coefficient (Wildman–Crippen LogP) is 3.14. The third-order valence-electron chi connectivity index (χ3n) is 2.58. The Morgan fingerprint density at radius 1 is 1.11 bits per heavy atom. The van der Waals surface area contributed by atoms with Crippen LogP contribution in [0.5, 0.6) is 5.75 Å². The Morgan fingerprint density at radius 2 is 1.78 bits per heavy atom. The van der Waals surface area contributed by atoms with E-state index in [-0.39, 0.29) is 6.61 Å². The van der Waals surface area contributed by atoms with Gasteiger partial charge in [-0.15, -0.1) is 0 Å². The zero-order valence-corrected chi connectivity index (χ0v) is 11.3. The summed E-state index contributed by atoms with van der Waals surface area (Å²) in [5, 5.41) is 10.0. The molecule has 0 amide bonds. The fourth-order valence-electron chi connectivity index (χ4n) is 1.61. The zero-order valence-electron chi connectivity index (χ0n) is 9.71. The highest BCUT2D eigenvalue weighted by molar-refractivity contribution is 9.10. The molecule has 18 heavy (non-hydrogen) atoms. The van der Waals surface area contributed by atoms with Crippen molar-refractivity contribution < 1.29 is 9.84 Å². The SMILES string of the molecule is Nc1ccccc1C(O)COc1ccc(Br)cc1. The van der Waals surface area contributed by atoms with Crippen molar-refractivity contribution in [2.75, 3.05) is 12.3 Å². The summed E-state index contributed by atoms with van der Waals surface area (Å²) < 4.78 is 6.49. The Balaban J connectivity index is 1.98. The Labute approximate surface area is 114 Å². The van der Waals surface area contributed by atoms with Crippen LogP contribution >= 0.6 is 15.9 Å². The van der Waals surface area contributed by atoms with Gasteiger partial charge in [-0.1, -0.05) is 34.1 Å². The van der Waals surface area contributed by atoms with Crippen molar-refractivity contribution in [1.82, 2.24) is 0 Å². The summed E-state index contributed by atoms with van der Waals surface area (Å²) in [5.41, 5.74) is 7.05. The minimum Gasteiger partial charge on any atom is -0.491 e. The van der Waals surface area contributed by atoms with Gasteiger partial charge in [0.25, 0.3) is 0 Å². The minimum absolute atomic E-state index is 0.176. The molecule has 4 heteroatoms. The molecule has 0 saturated heterocycles. The molecule has 3 nitrogen and oxygen atoms in total. The van der Waals surface area contributed by atoms with Crippen LogP contribution in [-0.4, -0.2) is 11.7 Å². The summed E-state index contributed by atoms with van der Waals surface area (Å²) in [4.78, 5) is 0. The van der Waals surface area contributed by atoms with E-state index in [1.54, 1.807) is 12.1 Å². The molecule has 1 atom stereocenters. The van der Waals surface area contributed by atoms with Gasteiger partial charge < -0.3 is 15.6 Å². The third kappa shape index (κ3) is 3.24. The molecular weight excluding hydrogens is 294 g/mol. The van der Waals surface area contributed by atoms with Gasteiger partial charge in [-0.25, -0.2) is 0 Å². The van der Waals surface area contributed by atoms with E-state index in [4.69, 9.17) is 10.5 Å². The molecule has 0 heterocycles. The van der Waals surface area contributed by atoms with Gasteiger partial charge in [0, 0.05) is 15.7 Å². The number of aliphatic hydroxyl groups is 1. The molecule has 0 aliphatic carbocycles. The van der Waals surface area contributed by atoms with Gasteiger partial charge in [0.1, 0.15) is 18.5 Å². The molecule has 0 fully saturated rings. The van der Waals surface area contributed by atoms with Gasteiger partial charge in [-0.2, -0.15) is 0 Å². The standard InChI is InChI=1S/C14H14BrNO2/c15-10-5-7-11(8-6-10)18-9-14(17)12-3-1-2-4-13(12)16/h1-8,14,17H,9,16H2. The second-order valence-corrected chi connectivity index (χ2v) is 4.83. The summed E-state index contributed by atoms with van der Waals surface area (Å²) in [6.07, 6.45) is -0.727. The van der Waals surface area contributed by atoms with Gasteiger partial charge in [0.15, 0.2) is 0 Å². The number of nitrogen functional groups attached to an aromatic ring is 1. The number of hydrogen-bond donors (Lipinski definition) is 2. The fourth-order valence-corrected chi connectivity index (χ4v) is 1.87. The van der Waals surface area contributed by atoms with Crippen LogP contribution in [0.25, 0.3) is 0 Å². The lowest BCUT2D eigenvalue weighted by Gasteiger charge is -2.14. The summed E-state index contributed by atoms with van der Waals surface area (Å²) in [5.74, 6) is 0.715. The molecule has 0 spiro atoms. The number of halogens is 1. The van der Waals surface area contributed by atoms with E-state index in [2.05, 4.69) is 15.9 Å².